The third-order valence-electron chi connectivity index (χ3n) is 4.37. The summed E-state index contributed by atoms with van der Waals surface area (Å²) in [6.07, 6.45) is 0. The predicted octanol–water partition coefficient (Wildman–Crippen LogP) is 6.64. The molecule has 4 rings (SSSR count). The first-order valence-corrected chi connectivity index (χ1v) is 9.15. The molecule has 0 unspecified atom stereocenters. The molecule has 0 fully saturated rings. The van der Waals surface area contributed by atoms with Gasteiger partial charge in [0.25, 0.3) is 11.4 Å². The summed E-state index contributed by atoms with van der Waals surface area (Å²) in [5, 5.41) is 21.6. The van der Waals surface area contributed by atoms with Crippen LogP contribution in [0.25, 0.3) is 22.3 Å². The van der Waals surface area contributed by atoms with Gasteiger partial charge in [0.2, 0.25) is 0 Å². The summed E-state index contributed by atoms with van der Waals surface area (Å²) >= 11 is 0. The second kappa shape index (κ2) is 11.3. The van der Waals surface area contributed by atoms with Crippen molar-refractivity contribution in [3.8, 4) is 22.3 Å². The Hall–Kier alpha value is -3.97. The molecule has 0 amide bonds. The summed E-state index contributed by atoms with van der Waals surface area (Å²) in [5.74, 6) is 0. The number of hydrogen-bond donors (Lipinski definition) is 0. The molecule has 0 saturated carbocycles. The molecule has 6 nitrogen and oxygen atoms in total. The molecule has 156 valence electrons. The van der Waals surface area contributed by atoms with Gasteiger partial charge in [-0.2, -0.15) is 13.5 Å². The van der Waals surface area contributed by atoms with Crippen LogP contribution in [0.2, 0.25) is 0 Å². The van der Waals surface area contributed by atoms with Crippen molar-refractivity contribution in [2.24, 2.45) is 0 Å². The lowest BCUT2D eigenvalue weighted by Crippen LogP contribution is -1.90. The zero-order valence-corrected chi connectivity index (χ0v) is 17.4. The van der Waals surface area contributed by atoms with E-state index in [1.165, 1.54) is 12.1 Å². The molecule has 0 bridgehead atoms. The lowest BCUT2D eigenvalue weighted by Gasteiger charge is -2.01. The van der Waals surface area contributed by atoms with Gasteiger partial charge in [-0.05, 0) is 23.3 Å². The molecule has 0 aliphatic heterocycles. The highest BCUT2D eigenvalue weighted by Gasteiger charge is 2.13. The molecule has 0 radical (unpaired) electrons. The van der Waals surface area contributed by atoms with Gasteiger partial charge in [-0.3, -0.25) is 20.2 Å². The molecule has 0 saturated heterocycles. The smallest absolute Gasteiger partial charge is 0.258 e. The summed E-state index contributed by atoms with van der Waals surface area (Å²) in [5.41, 5.74) is 3.33. The summed E-state index contributed by atoms with van der Waals surface area (Å²) in [6, 6.07) is 32.2. The van der Waals surface area contributed by atoms with E-state index in [1.807, 2.05) is 60.7 Å². The number of para-hydroxylation sites is 2. The first-order chi connectivity index (χ1) is 14.6. The van der Waals surface area contributed by atoms with Crippen LogP contribution in [0.5, 0.6) is 0 Å². The van der Waals surface area contributed by atoms with E-state index in [1.54, 1.807) is 36.4 Å². The highest BCUT2D eigenvalue weighted by Crippen LogP contribution is 2.29. The lowest BCUT2D eigenvalue weighted by molar-refractivity contribution is -0.384. The maximum Gasteiger partial charge on any atom is 0.277 e. The molecule has 0 aliphatic carbocycles. The van der Waals surface area contributed by atoms with Crippen LogP contribution in [0.4, 0.5) is 11.4 Å². The van der Waals surface area contributed by atoms with Crippen LogP contribution < -0.4 is 0 Å². The van der Waals surface area contributed by atoms with E-state index in [9.17, 15) is 20.2 Å². The maximum atomic E-state index is 10.8. The molecule has 4 aromatic rings. The highest BCUT2D eigenvalue weighted by molar-refractivity contribution is 7.59. The Labute approximate surface area is 186 Å². The molecule has 4 aromatic carbocycles. The van der Waals surface area contributed by atoms with Crippen molar-refractivity contribution in [2.45, 2.75) is 0 Å². The van der Waals surface area contributed by atoms with Crippen LogP contribution in [-0.2, 0) is 0 Å². The Morgan fingerprint density at radius 1 is 0.452 bits per heavy atom. The van der Waals surface area contributed by atoms with E-state index < -0.39 is 0 Å². The van der Waals surface area contributed by atoms with E-state index >= 15 is 0 Å². The van der Waals surface area contributed by atoms with Gasteiger partial charge in [0, 0.05) is 12.1 Å². The maximum absolute atomic E-state index is 10.8. The highest BCUT2D eigenvalue weighted by atomic mass is 32.1. The number of nitrogens with zero attached hydrogens (tertiary/aromatic N) is 2. The van der Waals surface area contributed by atoms with Gasteiger partial charge >= 0.3 is 0 Å². The average molecular weight is 433 g/mol. The molecule has 0 N–H and O–H groups in total. The number of nitro benzene ring substituents is 2. The van der Waals surface area contributed by atoms with Gasteiger partial charge < -0.3 is 0 Å². The largest absolute Gasteiger partial charge is 0.277 e. The van der Waals surface area contributed by atoms with Gasteiger partial charge in [0.05, 0.1) is 21.0 Å². The van der Waals surface area contributed by atoms with Crippen molar-refractivity contribution >= 4 is 24.9 Å². The molecule has 0 heterocycles. The van der Waals surface area contributed by atoms with Crippen LogP contribution >= 0.6 is 13.5 Å². The van der Waals surface area contributed by atoms with Crippen molar-refractivity contribution in [3.05, 3.63) is 129 Å². The van der Waals surface area contributed by atoms with E-state index in [4.69, 9.17) is 0 Å². The van der Waals surface area contributed by atoms with Gasteiger partial charge in [-0.1, -0.05) is 84.9 Å². The van der Waals surface area contributed by atoms with Crippen molar-refractivity contribution in [2.75, 3.05) is 0 Å². The quantitative estimate of drug-likeness (QED) is 0.267. The first-order valence-electron chi connectivity index (χ1n) is 9.15. The molecule has 0 atom stereocenters. The van der Waals surface area contributed by atoms with Crippen LogP contribution in [0.1, 0.15) is 0 Å². The summed E-state index contributed by atoms with van der Waals surface area (Å²) in [7, 11) is 0. The van der Waals surface area contributed by atoms with E-state index in [0.717, 1.165) is 11.1 Å². The fourth-order valence-corrected chi connectivity index (χ4v) is 2.99. The van der Waals surface area contributed by atoms with E-state index in [2.05, 4.69) is 0 Å². The van der Waals surface area contributed by atoms with Gasteiger partial charge in [-0.25, -0.2) is 0 Å². The van der Waals surface area contributed by atoms with Crippen LogP contribution in [0.3, 0.4) is 0 Å². The standard InChI is InChI=1S/2C12H9NO2.H2S/c2*14-13(15)12-9-5-4-8-11(12)10-6-2-1-3-7-10;/h2*1-9H;1H2. The van der Waals surface area contributed by atoms with Gasteiger partial charge in [-0.15, -0.1) is 0 Å². The Bertz CT molecular complexity index is 1060. The Balaban J connectivity index is 0.000000213. The van der Waals surface area contributed by atoms with Crippen LogP contribution in [-0.4, -0.2) is 9.85 Å². The second-order valence-electron chi connectivity index (χ2n) is 6.28. The minimum atomic E-state index is -0.359. The summed E-state index contributed by atoms with van der Waals surface area (Å²) < 4.78 is 0. The number of rotatable bonds is 4. The SMILES string of the molecule is O=[N+]([O-])c1ccccc1-c1ccccc1.O=[N+]([O-])c1ccccc1-c1ccccc1.S. The van der Waals surface area contributed by atoms with Crippen molar-refractivity contribution in [1.29, 1.82) is 0 Å². The normalized spacial score (nSPS) is 9.55. The Morgan fingerprint density at radius 2 is 0.742 bits per heavy atom. The minimum Gasteiger partial charge on any atom is -0.258 e. The Morgan fingerprint density at radius 3 is 1.06 bits per heavy atom. The molecular weight excluding hydrogens is 412 g/mol. The molecule has 7 heteroatoms. The molecule has 31 heavy (non-hydrogen) atoms. The second-order valence-corrected chi connectivity index (χ2v) is 6.28. The summed E-state index contributed by atoms with van der Waals surface area (Å²) in [6.45, 7) is 0. The minimum absolute atomic E-state index is 0. The predicted molar refractivity (Wildman–Crippen MR) is 127 cm³/mol. The topological polar surface area (TPSA) is 86.3 Å². The number of hydrogen-bond acceptors (Lipinski definition) is 4. The van der Waals surface area contributed by atoms with Gasteiger partial charge in [0.1, 0.15) is 0 Å². The van der Waals surface area contributed by atoms with E-state index in [0.29, 0.717) is 11.1 Å². The molecule has 0 spiro atoms. The number of benzene rings is 4. The van der Waals surface area contributed by atoms with Crippen molar-refractivity contribution < 1.29 is 9.85 Å². The molecular formula is C24H20N2O4S. The fraction of sp³-hybridized carbons (Fsp3) is 0. The third kappa shape index (κ3) is 6.01. The van der Waals surface area contributed by atoms with Crippen molar-refractivity contribution in [3.63, 3.8) is 0 Å². The number of nitro groups is 2. The molecule has 0 aliphatic rings. The summed E-state index contributed by atoms with van der Waals surface area (Å²) in [4.78, 5) is 20.9. The van der Waals surface area contributed by atoms with Gasteiger partial charge in [0.15, 0.2) is 0 Å². The van der Waals surface area contributed by atoms with Crippen molar-refractivity contribution in [1.82, 2.24) is 0 Å². The third-order valence-corrected chi connectivity index (χ3v) is 4.37. The van der Waals surface area contributed by atoms with E-state index in [-0.39, 0.29) is 34.7 Å². The fourth-order valence-electron chi connectivity index (χ4n) is 2.99. The van der Waals surface area contributed by atoms with Crippen LogP contribution in [0, 0.1) is 20.2 Å². The van der Waals surface area contributed by atoms with Crippen LogP contribution in [0.15, 0.2) is 109 Å². The first kappa shape index (κ1) is 23.3. The Kier molecular flexibility index (Phi) is 8.48. The zero-order valence-electron chi connectivity index (χ0n) is 16.4. The monoisotopic (exact) mass is 432 g/mol. The molecule has 0 aromatic heterocycles. The zero-order chi connectivity index (χ0) is 21.3. The average Bonchev–Trinajstić information content (AvgIpc) is 2.80. The lowest BCUT2D eigenvalue weighted by atomic mass is 10.0.